The van der Waals surface area contributed by atoms with Gasteiger partial charge in [-0.3, -0.25) is 0 Å². The van der Waals surface area contributed by atoms with E-state index < -0.39 is 0 Å². The van der Waals surface area contributed by atoms with Crippen LogP contribution >= 0.6 is 11.3 Å². The van der Waals surface area contributed by atoms with E-state index in [1.165, 1.54) is 11.1 Å². The Morgan fingerprint density at radius 3 is 3.05 bits per heavy atom. The van der Waals surface area contributed by atoms with E-state index >= 15 is 0 Å². The Kier molecular flexibility index (Phi) is 2.63. The van der Waals surface area contributed by atoms with Gasteiger partial charge in [-0.25, -0.2) is 4.98 Å². The molecular formula is C16H15N3S. The van der Waals surface area contributed by atoms with Crippen LogP contribution in [0.3, 0.4) is 0 Å². The molecule has 3 nitrogen and oxygen atoms in total. The Morgan fingerprint density at radius 1 is 1.25 bits per heavy atom. The molecule has 0 amide bonds. The third kappa shape index (κ3) is 1.76. The molecule has 100 valence electrons. The third-order valence-corrected chi connectivity index (χ3v) is 4.84. The van der Waals surface area contributed by atoms with Gasteiger partial charge < -0.3 is 11.1 Å². The molecule has 0 aliphatic heterocycles. The summed E-state index contributed by atoms with van der Waals surface area (Å²) in [5, 5.41) is 3.48. The van der Waals surface area contributed by atoms with Gasteiger partial charge in [0.1, 0.15) is 5.52 Å². The maximum absolute atomic E-state index is 6.19. The van der Waals surface area contributed by atoms with Crippen molar-refractivity contribution in [2.24, 2.45) is 0 Å². The SMILES string of the molecule is Nc1c(NCC2Cc3ccccc32)ccc2scnc12. The molecule has 0 bridgehead atoms. The molecule has 20 heavy (non-hydrogen) atoms. The monoisotopic (exact) mass is 281 g/mol. The van der Waals surface area contributed by atoms with Crippen molar-refractivity contribution in [3.8, 4) is 0 Å². The number of nitrogens with two attached hydrogens (primary N) is 1. The molecule has 2 aromatic carbocycles. The molecular weight excluding hydrogens is 266 g/mol. The summed E-state index contributed by atoms with van der Waals surface area (Å²) in [5.74, 6) is 0.594. The van der Waals surface area contributed by atoms with Crippen molar-refractivity contribution in [1.82, 2.24) is 4.98 Å². The lowest BCUT2D eigenvalue weighted by Gasteiger charge is -2.30. The summed E-state index contributed by atoms with van der Waals surface area (Å²) >= 11 is 1.62. The Bertz CT molecular complexity index is 778. The first-order valence-corrected chi connectivity index (χ1v) is 7.64. The average molecular weight is 281 g/mol. The fourth-order valence-electron chi connectivity index (χ4n) is 2.88. The summed E-state index contributed by atoms with van der Waals surface area (Å²) in [5.41, 5.74) is 13.6. The zero-order valence-corrected chi connectivity index (χ0v) is 11.8. The largest absolute Gasteiger partial charge is 0.395 e. The smallest absolute Gasteiger partial charge is 0.106 e. The Balaban J connectivity index is 1.53. The van der Waals surface area contributed by atoms with Crippen LogP contribution in [0.2, 0.25) is 0 Å². The van der Waals surface area contributed by atoms with Crippen molar-refractivity contribution in [2.45, 2.75) is 12.3 Å². The van der Waals surface area contributed by atoms with E-state index in [4.69, 9.17) is 5.73 Å². The van der Waals surface area contributed by atoms with Gasteiger partial charge in [0.15, 0.2) is 0 Å². The summed E-state index contributed by atoms with van der Waals surface area (Å²) in [7, 11) is 0. The van der Waals surface area contributed by atoms with Crippen LogP contribution in [-0.2, 0) is 6.42 Å². The summed E-state index contributed by atoms with van der Waals surface area (Å²) < 4.78 is 1.14. The molecule has 1 aliphatic rings. The van der Waals surface area contributed by atoms with Crippen LogP contribution in [0.25, 0.3) is 10.2 Å². The van der Waals surface area contributed by atoms with E-state index in [1.54, 1.807) is 11.3 Å². The molecule has 4 rings (SSSR count). The fraction of sp³-hybridized carbons (Fsp3) is 0.188. The van der Waals surface area contributed by atoms with Crippen molar-refractivity contribution in [2.75, 3.05) is 17.6 Å². The maximum atomic E-state index is 6.19. The van der Waals surface area contributed by atoms with Gasteiger partial charge in [0, 0.05) is 12.5 Å². The molecule has 0 spiro atoms. The predicted octanol–water partition coefficient (Wildman–Crippen LogP) is 3.63. The van der Waals surface area contributed by atoms with Gasteiger partial charge in [0.2, 0.25) is 0 Å². The molecule has 0 radical (unpaired) electrons. The summed E-state index contributed by atoms with van der Waals surface area (Å²) in [6.45, 7) is 0.927. The number of hydrogen-bond donors (Lipinski definition) is 2. The summed E-state index contributed by atoms with van der Waals surface area (Å²) in [4.78, 5) is 4.33. The second kappa shape index (κ2) is 4.49. The van der Waals surface area contributed by atoms with Crippen LogP contribution < -0.4 is 11.1 Å². The molecule has 4 heteroatoms. The van der Waals surface area contributed by atoms with Crippen molar-refractivity contribution >= 4 is 32.9 Å². The highest BCUT2D eigenvalue weighted by molar-refractivity contribution is 7.16. The molecule has 1 atom stereocenters. The van der Waals surface area contributed by atoms with Crippen molar-refractivity contribution in [3.05, 3.63) is 53.0 Å². The molecule has 3 N–H and O–H groups in total. The van der Waals surface area contributed by atoms with E-state index in [1.807, 2.05) is 5.51 Å². The van der Waals surface area contributed by atoms with Crippen LogP contribution in [0.15, 0.2) is 41.9 Å². The Hall–Kier alpha value is -2.07. The number of nitrogens with zero attached hydrogens (tertiary/aromatic N) is 1. The topological polar surface area (TPSA) is 50.9 Å². The second-order valence-electron chi connectivity index (χ2n) is 5.21. The lowest BCUT2D eigenvalue weighted by atomic mass is 9.77. The highest BCUT2D eigenvalue weighted by Gasteiger charge is 2.25. The standard InChI is InChI=1S/C16H15N3S/c17-15-13(5-6-14-16(15)19-9-20-14)18-8-11-7-10-3-1-2-4-12(10)11/h1-6,9,11,18H,7-8,17H2. The molecule has 0 fully saturated rings. The van der Waals surface area contributed by atoms with Crippen molar-refractivity contribution in [3.63, 3.8) is 0 Å². The molecule has 1 heterocycles. The fourth-order valence-corrected chi connectivity index (χ4v) is 3.58. The molecule has 1 aromatic heterocycles. The van der Waals surface area contributed by atoms with Crippen LogP contribution in [0.1, 0.15) is 17.0 Å². The zero-order chi connectivity index (χ0) is 13.5. The first-order chi connectivity index (χ1) is 9.83. The van der Waals surface area contributed by atoms with Gasteiger partial charge in [-0.05, 0) is 29.7 Å². The highest BCUT2D eigenvalue weighted by atomic mass is 32.1. The molecule has 0 saturated carbocycles. The van der Waals surface area contributed by atoms with Crippen molar-refractivity contribution < 1.29 is 0 Å². The predicted molar refractivity (Wildman–Crippen MR) is 85.4 cm³/mol. The number of aromatic nitrogens is 1. The van der Waals surface area contributed by atoms with E-state index in [0.29, 0.717) is 5.92 Å². The molecule has 0 saturated heterocycles. The van der Waals surface area contributed by atoms with Gasteiger partial charge in [0.25, 0.3) is 0 Å². The Labute approximate surface area is 121 Å². The molecule has 3 aromatic rings. The number of rotatable bonds is 3. The number of benzene rings is 2. The number of nitrogen functional groups attached to an aromatic ring is 1. The van der Waals surface area contributed by atoms with Crippen molar-refractivity contribution in [1.29, 1.82) is 0 Å². The minimum Gasteiger partial charge on any atom is -0.395 e. The van der Waals surface area contributed by atoms with Gasteiger partial charge >= 0.3 is 0 Å². The second-order valence-corrected chi connectivity index (χ2v) is 6.09. The van der Waals surface area contributed by atoms with Crippen LogP contribution in [0, 0.1) is 0 Å². The Morgan fingerprint density at radius 2 is 2.15 bits per heavy atom. The number of nitrogens with one attached hydrogen (secondary N) is 1. The molecule has 1 aliphatic carbocycles. The first kappa shape index (κ1) is 11.7. The number of hydrogen-bond acceptors (Lipinski definition) is 4. The number of fused-ring (bicyclic) bond motifs is 2. The van der Waals surface area contributed by atoms with Gasteiger partial charge in [-0.2, -0.15) is 0 Å². The minimum absolute atomic E-state index is 0.594. The normalized spacial score (nSPS) is 16.7. The quantitative estimate of drug-likeness (QED) is 0.721. The van der Waals surface area contributed by atoms with E-state index in [0.717, 1.165) is 34.6 Å². The van der Waals surface area contributed by atoms with Gasteiger partial charge in [-0.1, -0.05) is 24.3 Å². The van der Waals surface area contributed by atoms with E-state index in [-0.39, 0.29) is 0 Å². The number of anilines is 2. The third-order valence-electron chi connectivity index (χ3n) is 4.04. The zero-order valence-electron chi connectivity index (χ0n) is 11.0. The maximum Gasteiger partial charge on any atom is 0.106 e. The van der Waals surface area contributed by atoms with E-state index in [9.17, 15) is 0 Å². The van der Waals surface area contributed by atoms with Crippen LogP contribution in [-0.4, -0.2) is 11.5 Å². The lowest BCUT2D eigenvalue weighted by Crippen LogP contribution is -2.24. The summed E-state index contributed by atoms with van der Waals surface area (Å²) in [6, 6.07) is 12.8. The summed E-state index contributed by atoms with van der Waals surface area (Å²) in [6.07, 6.45) is 1.15. The first-order valence-electron chi connectivity index (χ1n) is 6.76. The highest BCUT2D eigenvalue weighted by Crippen LogP contribution is 2.36. The van der Waals surface area contributed by atoms with Gasteiger partial charge in [-0.15, -0.1) is 11.3 Å². The lowest BCUT2D eigenvalue weighted by molar-refractivity contribution is 0.636. The molecule has 1 unspecified atom stereocenters. The van der Waals surface area contributed by atoms with E-state index in [2.05, 4.69) is 46.7 Å². The average Bonchev–Trinajstić information content (AvgIpc) is 2.91. The van der Waals surface area contributed by atoms with Crippen LogP contribution in [0.4, 0.5) is 11.4 Å². The van der Waals surface area contributed by atoms with Crippen LogP contribution in [0.5, 0.6) is 0 Å². The number of thiazole rings is 1. The minimum atomic E-state index is 0.594. The van der Waals surface area contributed by atoms with Gasteiger partial charge in [0.05, 0.1) is 21.6 Å².